The minimum atomic E-state index is -3.41. The topological polar surface area (TPSA) is 93.8 Å². The predicted molar refractivity (Wildman–Crippen MR) is 116 cm³/mol. The summed E-state index contributed by atoms with van der Waals surface area (Å²) >= 11 is 0. The third kappa shape index (κ3) is 5.29. The third-order valence-electron chi connectivity index (χ3n) is 5.00. The zero-order chi connectivity index (χ0) is 21.1. The minimum Gasteiger partial charge on any atom is -0.493 e. The summed E-state index contributed by atoms with van der Waals surface area (Å²) in [7, 11) is -3.41. The molecule has 29 heavy (non-hydrogen) atoms. The Hall–Kier alpha value is -2.54. The van der Waals surface area contributed by atoms with E-state index in [9.17, 15) is 8.42 Å². The lowest BCUT2D eigenvalue weighted by Crippen LogP contribution is -2.37. The highest BCUT2D eigenvalue weighted by Gasteiger charge is 2.21. The number of nitrogens with one attached hydrogen (secondary N) is 1. The highest BCUT2D eigenvalue weighted by molar-refractivity contribution is 7.91. The fraction of sp³-hybridized carbons (Fsp3) is 0.409. The van der Waals surface area contributed by atoms with E-state index in [4.69, 9.17) is 10.5 Å². The van der Waals surface area contributed by atoms with Crippen molar-refractivity contribution >= 4 is 15.8 Å². The lowest BCUT2D eigenvalue weighted by molar-refractivity contribution is 0.262. The summed E-state index contributed by atoms with van der Waals surface area (Å²) in [6.45, 7) is 6.99. The monoisotopic (exact) mass is 415 g/mol. The van der Waals surface area contributed by atoms with Crippen molar-refractivity contribution < 1.29 is 13.2 Å². The first-order valence-corrected chi connectivity index (χ1v) is 11.4. The van der Waals surface area contributed by atoms with Gasteiger partial charge in [-0.1, -0.05) is 51.1 Å². The Morgan fingerprint density at radius 1 is 1.17 bits per heavy atom. The highest BCUT2D eigenvalue weighted by Crippen LogP contribution is 2.31. The van der Waals surface area contributed by atoms with E-state index in [-0.39, 0.29) is 29.7 Å². The average molecular weight is 416 g/mol. The largest absolute Gasteiger partial charge is 0.493 e. The number of benzene rings is 2. The molecule has 0 fully saturated rings. The zero-order valence-corrected chi connectivity index (χ0v) is 18.0. The van der Waals surface area contributed by atoms with Crippen LogP contribution in [0.15, 0.2) is 58.4 Å². The van der Waals surface area contributed by atoms with Crippen LogP contribution in [0.4, 0.5) is 0 Å². The number of guanidine groups is 1. The number of para-hydroxylation sites is 1. The third-order valence-corrected chi connectivity index (χ3v) is 6.71. The summed E-state index contributed by atoms with van der Waals surface area (Å²) in [6, 6.07) is 14.9. The average Bonchev–Trinajstić information content (AvgIpc) is 2.67. The summed E-state index contributed by atoms with van der Waals surface area (Å²) in [5.74, 6) is 0.990. The Kier molecular flexibility index (Phi) is 6.17. The van der Waals surface area contributed by atoms with Gasteiger partial charge in [0.15, 0.2) is 15.8 Å². The quantitative estimate of drug-likeness (QED) is 0.578. The molecule has 0 aromatic heterocycles. The fourth-order valence-corrected chi connectivity index (χ4v) is 4.40. The van der Waals surface area contributed by atoms with Crippen LogP contribution in [0.1, 0.15) is 44.4 Å². The van der Waals surface area contributed by atoms with Crippen molar-refractivity contribution in [1.29, 1.82) is 0 Å². The van der Waals surface area contributed by atoms with Crippen LogP contribution in [0.3, 0.4) is 0 Å². The Bertz CT molecular complexity index is 977. The van der Waals surface area contributed by atoms with Gasteiger partial charge < -0.3 is 15.8 Å². The molecule has 3 rings (SSSR count). The van der Waals surface area contributed by atoms with E-state index < -0.39 is 9.84 Å². The van der Waals surface area contributed by atoms with Crippen molar-refractivity contribution in [2.45, 2.75) is 43.5 Å². The van der Waals surface area contributed by atoms with Gasteiger partial charge >= 0.3 is 0 Å². The maximum absolute atomic E-state index is 12.6. The van der Waals surface area contributed by atoms with Gasteiger partial charge in [0.05, 0.1) is 29.8 Å². The number of hydrogen-bond donors (Lipinski definition) is 2. The van der Waals surface area contributed by atoms with E-state index in [0.717, 1.165) is 23.3 Å². The second-order valence-electron chi connectivity index (χ2n) is 8.23. The van der Waals surface area contributed by atoms with Crippen molar-refractivity contribution in [3.05, 3.63) is 59.7 Å². The Labute approximate surface area is 173 Å². The van der Waals surface area contributed by atoms with Gasteiger partial charge in [-0.05, 0) is 29.2 Å². The number of nitrogens with zero attached hydrogens (tertiary/aromatic N) is 1. The maximum atomic E-state index is 12.6. The fourth-order valence-electron chi connectivity index (χ4n) is 3.28. The molecule has 6 nitrogen and oxygen atoms in total. The van der Waals surface area contributed by atoms with Crippen molar-refractivity contribution in [3.8, 4) is 5.75 Å². The SMILES string of the molecule is CC(C)(C)c1ccc(S(=O)(=O)CCN=C(N)NC2CCOc3ccccc32)cc1. The predicted octanol–water partition coefficient (Wildman–Crippen LogP) is 3.19. The van der Waals surface area contributed by atoms with Gasteiger partial charge in [0.2, 0.25) is 0 Å². The highest BCUT2D eigenvalue weighted by atomic mass is 32.2. The van der Waals surface area contributed by atoms with Crippen LogP contribution in [-0.2, 0) is 15.3 Å². The van der Waals surface area contributed by atoms with Crippen LogP contribution in [0.2, 0.25) is 0 Å². The van der Waals surface area contributed by atoms with Crippen LogP contribution in [0, 0.1) is 0 Å². The van der Waals surface area contributed by atoms with Crippen LogP contribution in [0.5, 0.6) is 5.75 Å². The van der Waals surface area contributed by atoms with Gasteiger partial charge in [-0.2, -0.15) is 0 Å². The molecule has 0 saturated heterocycles. The second kappa shape index (κ2) is 8.45. The van der Waals surface area contributed by atoms with Gasteiger partial charge in [0.25, 0.3) is 0 Å². The van der Waals surface area contributed by atoms with E-state index in [1.807, 2.05) is 36.4 Å². The number of ether oxygens (including phenoxy) is 1. The molecular weight excluding hydrogens is 386 g/mol. The molecule has 2 aromatic carbocycles. The van der Waals surface area contributed by atoms with E-state index in [1.54, 1.807) is 12.1 Å². The standard InChI is InChI=1S/C22H29N3O3S/c1-22(2,3)16-8-10-17(11-9-16)29(26,27)15-13-24-21(23)25-19-12-14-28-20-7-5-4-6-18(19)20/h4-11,19H,12-15H2,1-3H3,(H3,23,24,25). The van der Waals surface area contributed by atoms with Crippen molar-refractivity contribution in [2.24, 2.45) is 10.7 Å². The van der Waals surface area contributed by atoms with Crippen molar-refractivity contribution in [2.75, 3.05) is 18.9 Å². The molecule has 156 valence electrons. The molecule has 0 saturated carbocycles. The number of aliphatic imine (C=N–C) groups is 1. The van der Waals surface area contributed by atoms with E-state index in [0.29, 0.717) is 11.5 Å². The molecule has 0 spiro atoms. The Morgan fingerprint density at radius 2 is 1.86 bits per heavy atom. The second-order valence-corrected chi connectivity index (χ2v) is 10.3. The van der Waals surface area contributed by atoms with Crippen molar-refractivity contribution in [3.63, 3.8) is 0 Å². The van der Waals surface area contributed by atoms with E-state index in [2.05, 4.69) is 31.1 Å². The molecule has 0 bridgehead atoms. The molecule has 3 N–H and O–H groups in total. The molecule has 1 aliphatic heterocycles. The van der Waals surface area contributed by atoms with E-state index >= 15 is 0 Å². The maximum Gasteiger partial charge on any atom is 0.189 e. The molecule has 0 aliphatic carbocycles. The molecule has 7 heteroatoms. The normalized spacial score (nSPS) is 17.3. The summed E-state index contributed by atoms with van der Waals surface area (Å²) < 4.78 is 30.8. The number of rotatable bonds is 5. The Balaban J connectivity index is 1.60. The van der Waals surface area contributed by atoms with Crippen molar-refractivity contribution in [1.82, 2.24) is 5.32 Å². The van der Waals surface area contributed by atoms with Crippen LogP contribution in [-0.4, -0.2) is 33.3 Å². The molecular formula is C22H29N3O3S. The lowest BCUT2D eigenvalue weighted by atomic mass is 9.87. The molecule has 1 heterocycles. The van der Waals surface area contributed by atoms with Crippen LogP contribution >= 0.6 is 0 Å². The summed E-state index contributed by atoms with van der Waals surface area (Å²) in [6.07, 6.45) is 0.770. The molecule has 1 atom stereocenters. The van der Waals surface area contributed by atoms with E-state index in [1.165, 1.54) is 0 Å². The molecule has 1 unspecified atom stereocenters. The van der Waals surface area contributed by atoms with Crippen LogP contribution in [0.25, 0.3) is 0 Å². The first-order chi connectivity index (χ1) is 13.7. The number of fused-ring (bicyclic) bond motifs is 1. The minimum absolute atomic E-state index is 0.00486. The molecule has 1 aliphatic rings. The number of nitrogens with two attached hydrogens (primary N) is 1. The van der Waals surface area contributed by atoms with Crippen LogP contribution < -0.4 is 15.8 Å². The smallest absolute Gasteiger partial charge is 0.189 e. The summed E-state index contributed by atoms with van der Waals surface area (Å²) in [5.41, 5.74) is 8.11. The first-order valence-electron chi connectivity index (χ1n) is 9.78. The molecule has 0 amide bonds. The lowest BCUT2D eigenvalue weighted by Gasteiger charge is -2.26. The first kappa shape index (κ1) is 21.2. The molecule has 0 radical (unpaired) electrons. The summed E-state index contributed by atoms with van der Waals surface area (Å²) in [4.78, 5) is 4.53. The Morgan fingerprint density at radius 3 is 2.55 bits per heavy atom. The van der Waals surface area contributed by atoms with Gasteiger partial charge in [0.1, 0.15) is 5.75 Å². The van der Waals surface area contributed by atoms with Gasteiger partial charge in [0, 0.05) is 12.0 Å². The van der Waals surface area contributed by atoms with Gasteiger partial charge in [-0.25, -0.2) is 8.42 Å². The number of hydrogen-bond acceptors (Lipinski definition) is 4. The zero-order valence-electron chi connectivity index (χ0n) is 17.2. The number of sulfone groups is 1. The van der Waals surface area contributed by atoms with Gasteiger partial charge in [-0.3, -0.25) is 4.99 Å². The molecule has 2 aromatic rings. The van der Waals surface area contributed by atoms with Gasteiger partial charge in [-0.15, -0.1) is 0 Å². The summed E-state index contributed by atoms with van der Waals surface area (Å²) in [5, 5.41) is 3.18.